The van der Waals surface area contributed by atoms with Gasteiger partial charge in [0.1, 0.15) is 0 Å². The number of unbranched alkanes of at least 4 members (excludes halogenated alkanes) is 21. The molecule has 1 N–H and O–H groups in total. The zero-order chi connectivity index (χ0) is 24.8. The second-order valence-electron chi connectivity index (χ2n) is 10.3. The maximum Gasteiger partial charge on any atom is 0.0726 e. The molecular weight excluding hydrogens is 420 g/mol. The lowest BCUT2D eigenvalue weighted by atomic mass is 10.1. The van der Waals surface area contributed by atoms with Gasteiger partial charge in [0.05, 0.1) is 13.2 Å². The molecule has 0 aromatic rings. The van der Waals surface area contributed by atoms with Crippen LogP contribution in [-0.2, 0) is 9.68 Å². The van der Waals surface area contributed by atoms with Crippen molar-refractivity contribution in [3.63, 3.8) is 0 Å². The van der Waals surface area contributed by atoms with E-state index in [-0.39, 0.29) is 0 Å². The third-order valence-corrected chi connectivity index (χ3v) is 6.68. The second kappa shape index (κ2) is 30.9. The van der Waals surface area contributed by atoms with E-state index in [2.05, 4.69) is 26.2 Å². The van der Waals surface area contributed by atoms with Crippen molar-refractivity contribution in [3.8, 4) is 0 Å². The molecule has 0 fully saturated rings. The number of hydrogen-bond acceptors (Lipinski definition) is 4. The minimum Gasteiger partial charge on any atom is -0.260 e. The highest BCUT2D eigenvalue weighted by molar-refractivity contribution is 4.49. The molecule has 4 nitrogen and oxygen atoms in total. The summed E-state index contributed by atoms with van der Waals surface area (Å²) in [4.78, 5) is 11.9. The Kier molecular flexibility index (Phi) is 30.7. The van der Waals surface area contributed by atoms with E-state index in [1.54, 1.807) is 5.34 Å². The van der Waals surface area contributed by atoms with Gasteiger partial charge in [-0.2, -0.15) is 0 Å². The third kappa shape index (κ3) is 28.1. The standard InChI is InChI=1S/C30H64N2O2/c1-4-7-10-13-16-19-22-25-28-31-32(33-29-26-23-20-17-14-11-8-5-2)34-30-27-24-21-18-15-12-9-6-3/h31H,4-30H2,1-3H3. The van der Waals surface area contributed by atoms with E-state index in [1.165, 1.54) is 141 Å². The summed E-state index contributed by atoms with van der Waals surface area (Å²) in [6.45, 7) is 9.27. The highest BCUT2D eigenvalue weighted by atomic mass is 17.0. The average Bonchev–Trinajstić information content (AvgIpc) is 2.85. The van der Waals surface area contributed by atoms with Crippen molar-refractivity contribution < 1.29 is 9.68 Å². The predicted octanol–water partition coefficient (Wildman–Crippen LogP) is 10.1. The summed E-state index contributed by atoms with van der Waals surface area (Å²) >= 11 is 0. The van der Waals surface area contributed by atoms with Gasteiger partial charge >= 0.3 is 0 Å². The van der Waals surface area contributed by atoms with Gasteiger partial charge < -0.3 is 0 Å². The molecule has 0 amide bonds. The Balaban J connectivity index is 3.85. The third-order valence-electron chi connectivity index (χ3n) is 6.68. The predicted molar refractivity (Wildman–Crippen MR) is 150 cm³/mol. The molecule has 0 radical (unpaired) electrons. The van der Waals surface area contributed by atoms with Crippen LogP contribution in [0, 0.1) is 0 Å². The number of nitrogens with zero attached hydrogens (tertiary/aromatic N) is 1. The molecule has 0 saturated heterocycles. The summed E-state index contributed by atoms with van der Waals surface area (Å²) in [7, 11) is 0. The van der Waals surface area contributed by atoms with Gasteiger partial charge in [-0.25, -0.2) is 5.43 Å². The summed E-state index contributed by atoms with van der Waals surface area (Å²) in [5, 5.41) is 1.59. The van der Waals surface area contributed by atoms with Gasteiger partial charge in [0.2, 0.25) is 0 Å². The van der Waals surface area contributed by atoms with Crippen LogP contribution < -0.4 is 5.43 Å². The van der Waals surface area contributed by atoms with Crippen LogP contribution in [0.5, 0.6) is 0 Å². The van der Waals surface area contributed by atoms with Crippen LogP contribution in [-0.4, -0.2) is 25.1 Å². The quantitative estimate of drug-likeness (QED) is 0.0812. The normalized spacial score (nSPS) is 11.6. The highest BCUT2D eigenvalue weighted by Gasteiger charge is 2.06. The first-order valence-corrected chi connectivity index (χ1v) is 15.6. The van der Waals surface area contributed by atoms with Gasteiger partial charge in [0.25, 0.3) is 0 Å². The number of hydrogen-bond donors (Lipinski definition) is 1. The first-order chi connectivity index (χ1) is 16.8. The van der Waals surface area contributed by atoms with Crippen molar-refractivity contribution in [3.05, 3.63) is 0 Å². The number of hydrazine groups is 1. The molecule has 0 rings (SSSR count). The van der Waals surface area contributed by atoms with Gasteiger partial charge in [-0.3, -0.25) is 9.68 Å². The lowest BCUT2D eigenvalue weighted by molar-refractivity contribution is -0.398. The van der Waals surface area contributed by atoms with E-state index in [4.69, 9.17) is 9.68 Å². The van der Waals surface area contributed by atoms with Gasteiger partial charge in [-0.1, -0.05) is 156 Å². The Morgan fingerprint density at radius 1 is 0.382 bits per heavy atom. The smallest absolute Gasteiger partial charge is 0.0726 e. The van der Waals surface area contributed by atoms with Crippen molar-refractivity contribution in [2.75, 3.05) is 19.8 Å². The summed E-state index contributed by atoms with van der Waals surface area (Å²) in [5.74, 6) is 0. The molecule has 0 aromatic carbocycles. The molecule has 0 heterocycles. The van der Waals surface area contributed by atoms with E-state index < -0.39 is 0 Å². The molecule has 0 aliphatic rings. The molecule has 0 aromatic heterocycles. The fourth-order valence-corrected chi connectivity index (χ4v) is 4.32. The van der Waals surface area contributed by atoms with Gasteiger partial charge in [-0.15, -0.1) is 0 Å². The van der Waals surface area contributed by atoms with E-state index in [1.807, 2.05) is 0 Å². The SMILES string of the molecule is CCCCCCCCCCNN(OCCCCCCCCCC)OCCCCCCCCCC. The van der Waals surface area contributed by atoms with Crippen LogP contribution in [0.4, 0.5) is 0 Å². The average molecular weight is 485 g/mol. The fraction of sp³-hybridized carbons (Fsp3) is 1.00. The zero-order valence-electron chi connectivity index (χ0n) is 23.9. The Hall–Kier alpha value is -0.160. The lowest BCUT2D eigenvalue weighted by Crippen LogP contribution is -2.39. The molecule has 0 saturated carbocycles. The van der Waals surface area contributed by atoms with E-state index in [0.29, 0.717) is 0 Å². The molecule has 0 spiro atoms. The molecule has 34 heavy (non-hydrogen) atoms. The summed E-state index contributed by atoms with van der Waals surface area (Å²) < 4.78 is 0. The summed E-state index contributed by atoms with van der Waals surface area (Å²) in [5.41, 5.74) is 3.37. The number of nitrogens with one attached hydrogen (secondary N) is 1. The molecular formula is C30H64N2O2. The first-order valence-electron chi connectivity index (χ1n) is 15.6. The Labute approximate surface area is 215 Å². The van der Waals surface area contributed by atoms with E-state index in [0.717, 1.165) is 32.6 Å². The van der Waals surface area contributed by atoms with Gasteiger partial charge in [0.15, 0.2) is 0 Å². The highest BCUT2D eigenvalue weighted by Crippen LogP contribution is 2.11. The van der Waals surface area contributed by atoms with Crippen molar-refractivity contribution >= 4 is 0 Å². The van der Waals surface area contributed by atoms with Crippen molar-refractivity contribution in [2.45, 2.75) is 175 Å². The second-order valence-corrected chi connectivity index (χ2v) is 10.3. The molecule has 0 aliphatic heterocycles. The van der Waals surface area contributed by atoms with E-state index in [9.17, 15) is 0 Å². The van der Waals surface area contributed by atoms with Crippen molar-refractivity contribution in [1.82, 2.24) is 10.8 Å². The van der Waals surface area contributed by atoms with Crippen LogP contribution in [0.2, 0.25) is 0 Å². The van der Waals surface area contributed by atoms with E-state index >= 15 is 0 Å². The summed E-state index contributed by atoms with van der Waals surface area (Å²) in [6, 6.07) is 0. The minimum absolute atomic E-state index is 0.747. The van der Waals surface area contributed by atoms with Crippen LogP contribution >= 0.6 is 0 Å². The molecule has 4 heteroatoms. The van der Waals surface area contributed by atoms with Crippen LogP contribution in [0.3, 0.4) is 0 Å². The monoisotopic (exact) mass is 484 g/mol. The minimum atomic E-state index is 0.747. The molecule has 0 atom stereocenters. The first kappa shape index (κ1) is 33.8. The molecule has 206 valence electrons. The summed E-state index contributed by atoms with van der Waals surface area (Å²) in [6.07, 6.45) is 31.9. The van der Waals surface area contributed by atoms with Crippen molar-refractivity contribution in [1.29, 1.82) is 0 Å². The zero-order valence-corrected chi connectivity index (χ0v) is 23.9. The topological polar surface area (TPSA) is 33.7 Å². The van der Waals surface area contributed by atoms with Crippen LogP contribution in [0.15, 0.2) is 0 Å². The van der Waals surface area contributed by atoms with Gasteiger partial charge in [-0.05, 0) is 19.3 Å². The maximum atomic E-state index is 5.93. The Bertz CT molecular complexity index is 302. The van der Waals surface area contributed by atoms with Crippen molar-refractivity contribution in [2.24, 2.45) is 0 Å². The van der Waals surface area contributed by atoms with Crippen LogP contribution in [0.25, 0.3) is 0 Å². The Morgan fingerprint density at radius 2 is 0.676 bits per heavy atom. The molecule has 0 bridgehead atoms. The largest absolute Gasteiger partial charge is 0.260 e. The maximum absolute atomic E-state index is 5.93. The number of rotatable bonds is 30. The van der Waals surface area contributed by atoms with Gasteiger partial charge in [0, 0.05) is 11.9 Å². The van der Waals surface area contributed by atoms with Crippen LogP contribution in [0.1, 0.15) is 175 Å². The molecule has 0 unspecified atom stereocenters. The Morgan fingerprint density at radius 3 is 1.03 bits per heavy atom. The molecule has 0 aliphatic carbocycles. The fourth-order valence-electron chi connectivity index (χ4n) is 4.32. The lowest BCUT2D eigenvalue weighted by Gasteiger charge is -2.21.